The van der Waals surface area contributed by atoms with Crippen molar-refractivity contribution >= 4 is 21.8 Å². The van der Waals surface area contributed by atoms with Crippen LogP contribution in [0.1, 0.15) is 26.7 Å². The van der Waals surface area contributed by atoms with Crippen LogP contribution in [-0.4, -0.2) is 30.8 Å². The van der Waals surface area contributed by atoms with E-state index in [9.17, 15) is 4.79 Å². The lowest BCUT2D eigenvalue weighted by molar-refractivity contribution is -0.128. The highest BCUT2D eigenvalue weighted by Crippen LogP contribution is 2.25. The van der Waals surface area contributed by atoms with Crippen molar-refractivity contribution in [2.45, 2.75) is 44.9 Å². The molecule has 1 aliphatic heterocycles. The highest BCUT2D eigenvalue weighted by molar-refractivity contribution is 9.10. The van der Waals surface area contributed by atoms with Gasteiger partial charge in [0.05, 0.1) is 16.6 Å². The number of benzene rings is 1. The Hall–Kier alpha value is -1.07. The van der Waals surface area contributed by atoms with Gasteiger partial charge in [-0.25, -0.2) is 0 Å². The molecule has 0 aliphatic carbocycles. The van der Waals surface area contributed by atoms with Gasteiger partial charge in [-0.2, -0.15) is 0 Å². The van der Waals surface area contributed by atoms with Crippen LogP contribution < -0.4 is 10.1 Å². The first-order chi connectivity index (χ1) is 9.58. The monoisotopic (exact) mass is 341 g/mol. The minimum absolute atomic E-state index is 0.00950. The first-order valence-corrected chi connectivity index (χ1v) is 7.70. The SMILES string of the molecule is C[C@@H](Oc1ccccc1Br)C(=O)N[C@H](C)[C@@H]1CCCO1. The molecule has 0 unspecified atom stereocenters. The summed E-state index contributed by atoms with van der Waals surface area (Å²) in [6.07, 6.45) is 1.64. The van der Waals surface area contributed by atoms with E-state index in [0.29, 0.717) is 5.75 Å². The molecule has 0 bridgehead atoms. The molecule has 1 aliphatic rings. The quantitative estimate of drug-likeness (QED) is 0.895. The van der Waals surface area contributed by atoms with Crippen LogP contribution in [0.15, 0.2) is 28.7 Å². The summed E-state index contributed by atoms with van der Waals surface area (Å²) in [6.45, 7) is 4.50. The number of ether oxygens (including phenoxy) is 2. The Bertz CT molecular complexity index is 460. The van der Waals surface area contributed by atoms with E-state index < -0.39 is 6.10 Å². The van der Waals surface area contributed by atoms with Crippen molar-refractivity contribution in [3.8, 4) is 5.75 Å². The van der Waals surface area contributed by atoms with E-state index in [2.05, 4.69) is 21.2 Å². The molecule has 0 saturated carbocycles. The van der Waals surface area contributed by atoms with Gasteiger partial charge in [-0.15, -0.1) is 0 Å². The maximum absolute atomic E-state index is 12.1. The van der Waals surface area contributed by atoms with Crippen molar-refractivity contribution in [1.29, 1.82) is 0 Å². The van der Waals surface area contributed by atoms with Crippen molar-refractivity contribution in [1.82, 2.24) is 5.32 Å². The van der Waals surface area contributed by atoms with Crippen LogP contribution in [-0.2, 0) is 9.53 Å². The Labute approximate surface area is 128 Å². The zero-order valence-electron chi connectivity index (χ0n) is 11.8. The van der Waals surface area contributed by atoms with Crippen LogP contribution in [0.2, 0.25) is 0 Å². The van der Waals surface area contributed by atoms with Crippen molar-refractivity contribution in [2.24, 2.45) is 0 Å². The molecule has 1 fully saturated rings. The summed E-state index contributed by atoms with van der Waals surface area (Å²) < 4.78 is 12.1. The van der Waals surface area contributed by atoms with Gasteiger partial charge >= 0.3 is 0 Å². The predicted octanol–water partition coefficient (Wildman–Crippen LogP) is 2.90. The van der Waals surface area contributed by atoms with Crippen molar-refractivity contribution < 1.29 is 14.3 Å². The molecule has 1 N–H and O–H groups in total. The smallest absolute Gasteiger partial charge is 0.261 e. The Balaban J connectivity index is 1.87. The van der Waals surface area contributed by atoms with Crippen LogP contribution in [0, 0.1) is 0 Å². The molecular weight excluding hydrogens is 322 g/mol. The van der Waals surface area contributed by atoms with Gasteiger partial charge in [0.2, 0.25) is 0 Å². The molecular formula is C15H20BrNO3. The molecule has 20 heavy (non-hydrogen) atoms. The topological polar surface area (TPSA) is 47.6 Å². The fraction of sp³-hybridized carbons (Fsp3) is 0.533. The average molecular weight is 342 g/mol. The first-order valence-electron chi connectivity index (χ1n) is 6.91. The van der Waals surface area contributed by atoms with Gasteiger partial charge in [-0.3, -0.25) is 4.79 Å². The second-order valence-electron chi connectivity index (χ2n) is 5.04. The molecule has 5 heteroatoms. The number of para-hydroxylation sites is 1. The van der Waals surface area contributed by atoms with Gasteiger partial charge in [-0.1, -0.05) is 12.1 Å². The maximum Gasteiger partial charge on any atom is 0.261 e. The van der Waals surface area contributed by atoms with Crippen LogP contribution in [0.5, 0.6) is 5.75 Å². The van der Waals surface area contributed by atoms with Crippen LogP contribution in [0.4, 0.5) is 0 Å². The van der Waals surface area contributed by atoms with Crippen molar-refractivity contribution in [2.75, 3.05) is 6.61 Å². The van der Waals surface area contributed by atoms with E-state index in [1.165, 1.54) is 0 Å². The first kappa shape index (κ1) is 15.3. The minimum Gasteiger partial charge on any atom is -0.480 e. The molecule has 0 spiro atoms. The van der Waals surface area contributed by atoms with E-state index in [0.717, 1.165) is 23.9 Å². The van der Waals surface area contributed by atoms with Gasteiger partial charge < -0.3 is 14.8 Å². The van der Waals surface area contributed by atoms with Crippen molar-refractivity contribution in [3.05, 3.63) is 28.7 Å². The number of amides is 1. The molecule has 3 atom stereocenters. The zero-order chi connectivity index (χ0) is 14.5. The molecule has 0 radical (unpaired) electrons. The molecule has 1 saturated heterocycles. The normalized spacial score (nSPS) is 21.2. The highest BCUT2D eigenvalue weighted by atomic mass is 79.9. The average Bonchev–Trinajstić information content (AvgIpc) is 2.95. The Morgan fingerprint density at radius 1 is 1.45 bits per heavy atom. The van der Waals surface area contributed by atoms with Gasteiger partial charge in [0.25, 0.3) is 5.91 Å². The lowest BCUT2D eigenvalue weighted by Gasteiger charge is -2.22. The number of carbonyl (C=O) groups is 1. The summed E-state index contributed by atoms with van der Waals surface area (Å²) in [5, 5.41) is 2.96. The predicted molar refractivity (Wildman–Crippen MR) is 80.8 cm³/mol. The second-order valence-corrected chi connectivity index (χ2v) is 5.89. The van der Waals surface area contributed by atoms with Gasteiger partial charge in [0.15, 0.2) is 6.10 Å². The Kier molecular flexibility index (Phi) is 5.43. The molecule has 0 aromatic heterocycles. The molecule has 1 heterocycles. The molecule has 1 aromatic carbocycles. The fourth-order valence-corrected chi connectivity index (χ4v) is 2.59. The summed E-state index contributed by atoms with van der Waals surface area (Å²) in [5.74, 6) is 0.545. The molecule has 1 amide bonds. The van der Waals surface area contributed by atoms with Gasteiger partial charge in [0, 0.05) is 6.61 Å². The molecule has 110 valence electrons. The standard InChI is InChI=1S/C15H20BrNO3/c1-10(13-8-5-9-19-13)17-15(18)11(2)20-14-7-4-3-6-12(14)16/h3-4,6-7,10-11,13H,5,8-9H2,1-2H3,(H,17,18)/t10-,11-,13+/m1/s1. The van der Waals surface area contributed by atoms with Crippen LogP contribution >= 0.6 is 15.9 Å². The minimum atomic E-state index is -0.544. The Morgan fingerprint density at radius 2 is 2.20 bits per heavy atom. The van der Waals surface area contributed by atoms with Crippen molar-refractivity contribution in [3.63, 3.8) is 0 Å². The molecule has 1 aromatic rings. The number of nitrogens with one attached hydrogen (secondary N) is 1. The van der Waals surface area contributed by atoms with E-state index in [1.54, 1.807) is 6.92 Å². The summed E-state index contributed by atoms with van der Waals surface area (Å²) in [7, 11) is 0. The number of hydrogen-bond donors (Lipinski definition) is 1. The molecule has 2 rings (SSSR count). The van der Waals surface area contributed by atoms with Gasteiger partial charge in [-0.05, 0) is 54.8 Å². The third kappa shape index (κ3) is 3.96. The number of rotatable bonds is 5. The molecule has 4 nitrogen and oxygen atoms in total. The van der Waals surface area contributed by atoms with Crippen LogP contribution in [0.25, 0.3) is 0 Å². The van der Waals surface area contributed by atoms with Crippen LogP contribution in [0.3, 0.4) is 0 Å². The maximum atomic E-state index is 12.1. The van der Waals surface area contributed by atoms with E-state index in [4.69, 9.17) is 9.47 Å². The lowest BCUT2D eigenvalue weighted by Crippen LogP contribution is -2.46. The number of hydrogen-bond acceptors (Lipinski definition) is 3. The van der Waals surface area contributed by atoms with E-state index >= 15 is 0 Å². The Morgan fingerprint density at radius 3 is 2.85 bits per heavy atom. The zero-order valence-corrected chi connectivity index (χ0v) is 13.4. The third-order valence-electron chi connectivity index (χ3n) is 3.40. The number of carbonyl (C=O) groups excluding carboxylic acids is 1. The van der Waals surface area contributed by atoms with Gasteiger partial charge in [0.1, 0.15) is 5.75 Å². The lowest BCUT2D eigenvalue weighted by atomic mass is 10.1. The third-order valence-corrected chi connectivity index (χ3v) is 4.06. The largest absolute Gasteiger partial charge is 0.480 e. The summed E-state index contributed by atoms with van der Waals surface area (Å²) in [4.78, 5) is 12.1. The summed E-state index contributed by atoms with van der Waals surface area (Å²) >= 11 is 3.40. The summed E-state index contributed by atoms with van der Waals surface area (Å²) in [5.41, 5.74) is 0. The number of halogens is 1. The van der Waals surface area contributed by atoms with E-state index in [-0.39, 0.29) is 18.1 Å². The van der Waals surface area contributed by atoms with E-state index in [1.807, 2.05) is 31.2 Å². The highest BCUT2D eigenvalue weighted by Gasteiger charge is 2.25. The summed E-state index contributed by atoms with van der Waals surface area (Å²) in [6, 6.07) is 7.50. The fourth-order valence-electron chi connectivity index (χ4n) is 2.22. The second kappa shape index (κ2) is 7.09.